The predicted molar refractivity (Wildman–Crippen MR) is 74.4 cm³/mol. The number of aliphatic hydroxyl groups is 2. The van der Waals surface area contributed by atoms with E-state index in [9.17, 15) is 5.11 Å². The normalized spacial score (nSPS) is 12.5. The van der Waals surface area contributed by atoms with Crippen molar-refractivity contribution in [3.63, 3.8) is 0 Å². The first-order chi connectivity index (χ1) is 8.10. The minimum atomic E-state index is -0.485. The van der Waals surface area contributed by atoms with Crippen molar-refractivity contribution >= 4 is 21.6 Å². The summed E-state index contributed by atoms with van der Waals surface area (Å²) in [5.74, 6) is 0. The first-order valence-electron chi connectivity index (χ1n) is 5.93. The zero-order valence-electron chi connectivity index (χ0n) is 10.4. The van der Waals surface area contributed by atoms with E-state index in [1.165, 1.54) is 0 Å². The van der Waals surface area contributed by atoms with E-state index in [0.29, 0.717) is 0 Å². The van der Waals surface area contributed by atoms with E-state index in [-0.39, 0.29) is 6.61 Å². The SMILES string of the molecule is CCN(CCCO)c1cc(Br)ccc1C(C)O. The molecule has 0 heterocycles. The summed E-state index contributed by atoms with van der Waals surface area (Å²) in [4.78, 5) is 2.17. The van der Waals surface area contributed by atoms with Crippen LogP contribution in [-0.2, 0) is 0 Å². The molecule has 1 unspecified atom stereocenters. The van der Waals surface area contributed by atoms with Crippen molar-refractivity contribution in [2.45, 2.75) is 26.4 Å². The standard InChI is InChI=1S/C13H20BrNO2/c1-3-15(7-4-8-16)13-9-11(14)5-6-12(13)10(2)17/h5-6,9-10,16-17H,3-4,7-8H2,1-2H3. The van der Waals surface area contributed by atoms with E-state index in [4.69, 9.17) is 5.11 Å². The summed E-state index contributed by atoms with van der Waals surface area (Å²) in [6.07, 6.45) is 0.251. The Morgan fingerprint density at radius 2 is 2.12 bits per heavy atom. The first-order valence-corrected chi connectivity index (χ1v) is 6.72. The number of hydrogen-bond acceptors (Lipinski definition) is 3. The van der Waals surface area contributed by atoms with Gasteiger partial charge in [-0.1, -0.05) is 22.0 Å². The Hall–Kier alpha value is -0.580. The third-order valence-electron chi connectivity index (χ3n) is 2.75. The van der Waals surface area contributed by atoms with Gasteiger partial charge in [-0.25, -0.2) is 0 Å². The zero-order valence-corrected chi connectivity index (χ0v) is 11.9. The van der Waals surface area contributed by atoms with Crippen LogP contribution in [0.1, 0.15) is 31.9 Å². The summed E-state index contributed by atoms with van der Waals surface area (Å²) in [6.45, 7) is 5.69. The average molecular weight is 302 g/mol. The number of anilines is 1. The third kappa shape index (κ3) is 3.98. The van der Waals surface area contributed by atoms with Crippen molar-refractivity contribution < 1.29 is 10.2 Å². The zero-order chi connectivity index (χ0) is 12.8. The minimum Gasteiger partial charge on any atom is -0.396 e. The first kappa shape index (κ1) is 14.5. The molecule has 0 aliphatic heterocycles. The van der Waals surface area contributed by atoms with Crippen molar-refractivity contribution in [3.8, 4) is 0 Å². The molecule has 2 N–H and O–H groups in total. The molecule has 0 fully saturated rings. The molecular formula is C13H20BrNO2. The fourth-order valence-corrected chi connectivity index (χ4v) is 2.20. The Balaban J connectivity index is 3.02. The number of benzene rings is 1. The molecule has 1 atom stereocenters. The van der Waals surface area contributed by atoms with E-state index < -0.39 is 6.10 Å². The molecular weight excluding hydrogens is 282 g/mol. The van der Waals surface area contributed by atoms with Crippen LogP contribution in [0.15, 0.2) is 22.7 Å². The highest BCUT2D eigenvalue weighted by atomic mass is 79.9. The molecule has 1 aromatic rings. The van der Waals surface area contributed by atoms with E-state index in [0.717, 1.165) is 35.2 Å². The van der Waals surface area contributed by atoms with Crippen LogP contribution in [0.25, 0.3) is 0 Å². The lowest BCUT2D eigenvalue weighted by Gasteiger charge is -2.26. The number of rotatable bonds is 6. The van der Waals surface area contributed by atoms with Crippen LogP contribution in [0.3, 0.4) is 0 Å². The van der Waals surface area contributed by atoms with Gasteiger partial charge in [0.2, 0.25) is 0 Å². The Labute approximate surface area is 111 Å². The van der Waals surface area contributed by atoms with Crippen LogP contribution in [0.4, 0.5) is 5.69 Å². The molecule has 96 valence electrons. The van der Waals surface area contributed by atoms with Crippen LogP contribution in [0.2, 0.25) is 0 Å². The molecule has 0 saturated heterocycles. The monoisotopic (exact) mass is 301 g/mol. The molecule has 0 saturated carbocycles. The lowest BCUT2D eigenvalue weighted by Crippen LogP contribution is -2.26. The molecule has 4 heteroatoms. The molecule has 0 radical (unpaired) electrons. The Morgan fingerprint density at radius 1 is 1.41 bits per heavy atom. The second kappa shape index (κ2) is 6.99. The molecule has 0 bridgehead atoms. The molecule has 0 amide bonds. The van der Waals surface area contributed by atoms with Gasteiger partial charge >= 0.3 is 0 Å². The highest BCUT2D eigenvalue weighted by molar-refractivity contribution is 9.10. The van der Waals surface area contributed by atoms with Gasteiger partial charge in [-0.15, -0.1) is 0 Å². The maximum absolute atomic E-state index is 9.77. The van der Waals surface area contributed by atoms with E-state index in [1.54, 1.807) is 6.92 Å². The van der Waals surface area contributed by atoms with E-state index >= 15 is 0 Å². The fourth-order valence-electron chi connectivity index (χ4n) is 1.85. The van der Waals surface area contributed by atoms with Gasteiger partial charge in [0.05, 0.1) is 6.10 Å². The Kier molecular flexibility index (Phi) is 5.95. The number of halogens is 1. The van der Waals surface area contributed by atoms with Gasteiger partial charge in [-0.05, 0) is 32.4 Å². The topological polar surface area (TPSA) is 43.7 Å². The van der Waals surface area contributed by atoms with Gasteiger partial charge in [0, 0.05) is 35.4 Å². The average Bonchev–Trinajstić information content (AvgIpc) is 2.29. The molecule has 3 nitrogen and oxygen atoms in total. The Morgan fingerprint density at radius 3 is 2.65 bits per heavy atom. The quantitative estimate of drug-likeness (QED) is 0.849. The second-order valence-corrected chi connectivity index (χ2v) is 4.95. The summed E-state index contributed by atoms with van der Waals surface area (Å²) in [6, 6.07) is 5.89. The summed E-state index contributed by atoms with van der Waals surface area (Å²) < 4.78 is 0.999. The molecule has 1 aromatic carbocycles. The van der Waals surface area contributed by atoms with Crippen LogP contribution < -0.4 is 4.90 Å². The van der Waals surface area contributed by atoms with Gasteiger partial charge in [0.25, 0.3) is 0 Å². The van der Waals surface area contributed by atoms with Crippen molar-refractivity contribution in [1.82, 2.24) is 0 Å². The molecule has 0 aromatic heterocycles. The van der Waals surface area contributed by atoms with Gasteiger partial charge in [0.15, 0.2) is 0 Å². The largest absolute Gasteiger partial charge is 0.396 e. The molecule has 0 aliphatic carbocycles. The van der Waals surface area contributed by atoms with Crippen molar-refractivity contribution in [2.24, 2.45) is 0 Å². The van der Waals surface area contributed by atoms with Gasteiger partial charge in [0.1, 0.15) is 0 Å². The lowest BCUT2D eigenvalue weighted by atomic mass is 10.1. The minimum absolute atomic E-state index is 0.189. The summed E-state index contributed by atoms with van der Waals surface area (Å²) in [5.41, 5.74) is 1.96. The second-order valence-electron chi connectivity index (χ2n) is 4.04. The highest BCUT2D eigenvalue weighted by Gasteiger charge is 2.13. The Bertz CT molecular complexity index is 355. The van der Waals surface area contributed by atoms with Gasteiger partial charge < -0.3 is 15.1 Å². The highest BCUT2D eigenvalue weighted by Crippen LogP contribution is 2.29. The van der Waals surface area contributed by atoms with Crippen molar-refractivity contribution in [2.75, 3.05) is 24.6 Å². The van der Waals surface area contributed by atoms with Crippen LogP contribution in [0, 0.1) is 0 Å². The van der Waals surface area contributed by atoms with Crippen LogP contribution in [-0.4, -0.2) is 29.9 Å². The third-order valence-corrected chi connectivity index (χ3v) is 3.24. The summed E-state index contributed by atoms with van der Waals surface area (Å²) in [5, 5.41) is 18.7. The summed E-state index contributed by atoms with van der Waals surface area (Å²) >= 11 is 3.45. The maximum Gasteiger partial charge on any atom is 0.0782 e. The number of nitrogens with zero attached hydrogens (tertiary/aromatic N) is 1. The molecule has 17 heavy (non-hydrogen) atoms. The summed E-state index contributed by atoms with van der Waals surface area (Å²) in [7, 11) is 0. The molecule has 1 rings (SSSR count). The fraction of sp³-hybridized carbons (Fsp3) is 0.538. The smallest absolute Gasteiger partial charge is 0.0782 e. The van der Waals surface area contributed by atoms with Gasteiger partial charge in [-0.3, -0.25) is 0 Å². The van der Waals surface area contributed by atoms with Crippen molar-refractivity contribution in [3.05, 3.63) is 28.2 Å². The van der Waals surface area contributed by atoms with Crippen LogP contribution in [0.5, 0.6) is 0 Å². The predicted octanol–water partition coefficient (Wildman–Crippen LogP) is 2.71. The lowest BCUT2D eigenvalue weighted by molar-refractivity contribution is 0.199. The number of aliphatic hydroxyl groups excluding tert-OH is 2. The molecule has 0 aliphatic rings. The molecule has 0 spiro atoms. The number of hydrogen-bond donors (Lipinski definition) is 2. The van der Waals surface area contributed by atoms with E-state index in [1.807, 2.05) is 18.2 Å². The van der Waals surface area contributed by atoms with Gasteiger partial charge in [-0.2, -0.15) is 0 Å². The van der Waals surface area contributed by atoms with E-state index in [2.05, 4.69) is 27.8 Å². The van der Waals surface area contributed by atoms with Crippen LogP contribution >= 0.6 is 15.9 Å². The van der Waals surface area contributed by atoms with Crippen molar-refractivity contribution in [1.29, 1.82) is 0 Å². The maximum atomic E-state index is 9.77.